The third-order valence-corrected chi connectivity index (χ3v) is 4.01. The second kappa shape index (κ2) is 6.58. The van der Waals surface area contributed by atoms with Gasteiger partial charge in [-0.3, -0.25) is 4.79 Å². The maximum absolute atomic E-state index is 12.6. The summed E-state index contributed by atoms with van der Waals surface area (Å²) in [5.41, 5.74) is 1.28. The van der Waals surface area contributed by atoms with Gasteiger partial charge in [0.25, 0.3) is 5.91 Å². The molecule has 0 N–H and O–H groups in total. The largest absolute Gasteiger partial charge is 1.00 e. The number of allylic oxidation sites excluding steroid dienone is 2. The molecule has 0 heterocycles. The number of aliphatic carboxylic acids is 1. The first kappa shape index (κ1) is 16.6. The molecule has 0 fully saturated rings. The van der Waals surface area contributed by atoms with Gasteiger partial charge in [0.15, 0.2) is 0 Å². The molecular formula is C16H14KNO3. The van der Waals surface area contributed by atoms with Gasteiger partial charge in [-0.05, 0) is 24.1 Å². The van der Waals surface area contributed by atoms with E-state index in [9.17, 15) is 14.7 Å². The van der Waals surface area contributed by atoms with Crippen LogP contribution in [0.15, 0.2) is 53.6 Å². The molecule has 0 saturated carbocycles. The molecule has 0 saturated heterocycles. The van der Waals surface area contributed by atoms with Gasteiger partial charge in [-0.25, -0.2) is 0 Å². The molecule has 2 bridgehead atoms. The van der Waals surface area contributed by atoms with Gasteiger partial charge in [0.1, 0.15) is 0 Å². The molecule has 2 aliphatic rings. The molecule has 1 aromatic rings. The average molecular weight is 307 g/mol. The number of anilines is 1. The predicted molar refractivity (Wildman–Crippen MR) is 72.6 cm³/mol. The van der Waals surface area contributed by atoms with Crippen LogP contribution in [-0.4, -0.2) is 18.9 Å². The van der Waals surface area contributed by atoms with Crippen LogP contribution >= 0.6 is 0 Å². The molecule has 21 heavy (non-hydrogen) atoms. The van der Waals surface area contributed by atoms with E-state index in [2.05, 4.69) is 0 Å². The number of benzene rings is 1. The predicted octanol–water partition coefficient (Wildman–Crippen LogP) is -2.09. The average Bonchev–Trinajstić information content (AvgIpc) is 3.07. The molecule has 1 amide bonds. The van der Waals surface area contributed by atoms with Gasteiger partial charge in [-0.15, -0.1) is 0 Å². The summed E-state index contributed by atoms with van der Waals surface area (Å²) in [4.78, 5) is 25.4. The van der Waals surface area contributed by atoms with E-state index in [4.69, 9.17) is 0 Å². The Kier molecular flexibility index (Phi) is 5.22. The Morgan fingerprint density at radius 1 is 1.10 bits per heavy atom. The number of carboxylic acid groups (broad SMARTS) is 1. The molecule has 2 unspecified atom stereocenters. The molecule has 2 aliphatic carbocycles. The van der Waals surface area contributed by atoms with Crippen LogP contribution in [0.2, 0.25) is 0 Å². The Balaban J connectivity index is 0.00000161. The number of hydrogen-bond acceptors (Lipinski definition) is 3. The van der Waals surface area contributed by atoms with Crippen molar-refractivity contribution >= 4 is 17.6 Å². The maximum atomic E-state index is 12.6. The van der Waals surface area contributed by atoms with Crippen LogP contribution in [0.4, 0.5) is 5.69 Å². The number of hydrogen-bond donors (Lipinski definition) is 0. The zero-order chi connectivity index (χ0) is 14.3. The summed E-state index contributed by atoms with van der Waals surface area (Å²) >= 11 is 0. The first-order chi connectivity index (χ1) is 9.59. The van der Waals surface area contributed by atoms with Crippen molar-refractivity contribution in [3.63, 3.8) is 0 Å². The molecule has 4 nitrogen and oxygen atoms in total. The van der Waals surface area contributed by atoms with Gasteiger partial charge in [-0.2, -0.15) is 0 Å². The van der Waals surface area contributed by atoms with Gasteiger partial charge in [0.05, 0.1) is 5.97 Å². The standard InChI is InChI=1S/C16H15NO3.K/c1-17(12-5-3-2-4-6-12)15(18)13-10-7-8-11(9-10)14(13)16(19)20;/h2-8,10-11H,9H2,1H3,(H,19,20);/q;+1/p-1. The van der Waals surface area contributed by atoms with Crippen molar-refractivity contribution in [2.24, 2.45) is 11.8 Å². The monoisotopic (exact) mass is 307 g/mol. The number of carboxylic acids is 1. The molecule has 0 aromatic heterocycles. The second-order valence-corrected chi connectivity index (χ2v) is 5.15. The second-order valence-electron chi connectivity index (χ2n) is 5.15. The van der Waals surface area contributed by atoms with Gasteiger partial charge < -0.3 is 14.8 Å². The fourth-order valence-corrected chi connectivity index (χ4v) is 3.01. The van der Waals surface area contributed by atoms with E-state index in [1.165, 1.54) is 4.90 Å². The molecule has 1 aromatic carbocycles. The van der Waals surface area contributed by atoms with E-state index in [0.717, 1.165) is 5.69 Å². The number of fused-ring (bicyclic) bond motifs is 2. The van der Waals surface area contributed by atoms with Crippen LogP contribution in [0.3, 0.4) is 0 Å². The summed E-state index contributed by atoms with van der Waals surface area (Å²) < 4.78 is 0. The Labute approximate surface area is 165 Å². The minimum Gasteiger partial charge on any atom is -0.545 e. The van der Waals surface area contributed by atoms with E-state index >= 15 is 0 Å². The summed E-state index contributed by atoms with van der Waals surface area (Å²) in [5.74, 6) is -1.75. The van der Waals surface area contributed by atoms with Crippen LogP contribution < -0.4 is 61.4 Å². The molecule has 0 spiro atoms. The van der Waals surface area contributed by atoms with Crippen molar-refractivity contribution in [3.05, 3.63) is 53.6 Å². The summed E-state index contributed by atoms with van der Waals surface area (Å²) in [6, 6.07) is 9.19. The first-order valence-corrected chi connectivity index (χ1v) is 6.56. The number of rotatable bonds is 3. The third kappa shape index (κ3) is 2.93. The van der Waals surface area contributed by atoms with E-state index in [-0.39, 0.29) is 74.7 Å². The van der Waals surface area contributed by atoms with Gasteiger partial charge in [0, 0.05) is 30.1 Å². The molecule has 102 valence electrons. The van der Waals surface area contributed by atoms with Crippen molar-refractivity contribution in [2.75, 3.05) is 11.9 Å². The van der Waals surface area contributed by atoms with Gasteiger partial charge in [0.2, 0.25) is 0 Å². The third-order valence-electron chi connectivity index (χ3n) is 4.01. The topological polar surface area (TPSA) is 60.4 Å². The SMILES string of the molecule is CN(C(=O)C1=C(C(=O)[O-])C2C=CC1C2)c1ccccc1.[K+]. The first-order valence-electron chi connectivity index (χ1n) is 6.56. The van der Waals surface area contributed by atoms with E-state index < -0.39 is 5.97 Å². The number of para-hydroxylation sites is 1. The quantitative estimate of drug-likeness (QED) is 0.475. The van der Waals surface area contributed by atoms with Crippen LogP contribution in [0, 0.1) is 11.8 Å². The van der Waals surface area contributed by atoms with Gasteiger partial charge in [-0.1, -0.05) is 30.4 Å². The van der Waals surface area contributed by atoms with Crippen molar-refractivity contribution in [1.29, 1.82) is 0 Å². The zero-order valence-corrected chi connectivity index (χ0v) is 15.2. The van der Waals surface area contributed by atoms with E-state index in [0.29, 0.717) is 12.0 Å². The molecule has 0 radical (unpaired) electrons. The summed E-state index contributed by atoms with van der Waals surface area (Å²) in [6.45, 7) is 0. The van der Waals surface area contributed by atoms with Crippen LogP contribution in [0.25, 0.3) is 0 Å². The molecule has 3 rings (SSSR count). The van der Waals surface area contributed by atoms with Crippen LogP contribution in [-0.2, 0) is 9.59 Å². The summed E-state index contributed by atoms with van der Waals surface area (Å²) in [7, 11) is 1.66. The molecular weight excluding hydrogens is 293 g/mol. The maximum Gasteiger partial charge on any atom is 1.00 e. The fraction of sp³-hybridized carbons (Fsp3) is 0.250. The Morgan fingerprint density at radius 3 is 2.24 bits per heavy atom. The van der Waals surface area contributed by atoms with Crippen LogP contribution in [0.1, 0.15) is 6.42 Å². The van der Waals surface area contributed by atoms with E-state index in [1.54, 1.807) is 7.05 Å². The summed E-state index contributed by atoms with van der Waals surface area (Å²) in [6.07, 6.45) is 4.45. The number of amides is 1. The smallest absolute Gasteiger partial charge is 0.545 e. The van der Waals surface area contributed by atoms with Crippen molar-refractivity contribution < 1.29 is 66.1 Å². The van der Waals surface area contributed by atoms with E-state index in [1.807, 2.05) is 42.5 Å². The van der Waals surface area contributed by atoms with Crippen LogP contribution in [0.5, 0.6) is 0 Å². The number of carbonyl (C=O) groups is 2. The normalized spacial score (nSPS) is 22.1. The zero-order valence-electron chi connectivity index (χ0n) is 12.1. The summed E-state index contributed by atoms with van der Waals surface area (Å²) in [5, 5.41) is 11.3. The number of likely N-dealkylation sites (N-methyl/N-ethyl adjacent to an activating group) is 1. The van der Waals surface area contributed by atoms with Crippen molar-refractivity contribution in [1.82, 2.24) is 0 Å². The molecule has 5 heteroatoms. The fourth-order valence-electron chi connectivity index (χ4n) is 3.01. The minimum absolute atomic E-state index is 0. The molecule has 0 aliphatic heterocycles. The number of carbonyl (C=O) groups excluding carboxylic acids is 2. The Morgan fingerprint density at radius 2 is 1.67 bits per heavy atom. The van der Waals surface area contributed by atoms with Crippen molar-refractivity contribution in [3.8, 4) is 0 Å². The minimum atomic E-state index is -1.23. The van der Waals surface area contributed by atoms with Gasteiger partial charge >= 0.3 is 51.4 Å². The van der Waals surface area contributed by atoms with Crippen molar-refractivity contribution in [2.45, 2.75) is 6.42 Å². The molecule has 2 atom stereocenters. The Bertz CT molecular complexity index is 636. The number of nitrogens with zero attached hydrogens (tertiary/aromatic N) is 1. The Hall–Kier alpha value is -0.724.